The van der Waals surface area contributed by atoms with Gasteiger partial charge in [-0.15, -0.1) is 0 Å². The van der Waals surface area contributed by atoms with Gasteiger partial charge < -0.3 is 15.2 Å². The van der Waals surface area contributed by atoms with Crippen LogP contribution in [0.1, 0.15) is 17.3 Å². The Morgan fingerprint density at radius 2 is 1.43 bits per heavy atom. The molecule has 0 aliphatic heterocycles. The number of amides is 3. The first-order valence-electron chi connectivity index (χ1n) is 9.64. The number of carbonyl (C=O) groups is 2. The van der Waals surface area contributed by atoms with E-state index in [1.807, 2.05) is 54.0 Å². The number of anilines is 3. The summed E-state index contributed by atoms with van der Waals surface area (Å²) in [7, 11) is 0. The second kappa shape index (κ2) is 8.48. The minimum Gasteiger partial charge on any atom is -0.310 e. The third-order valence-corrected chi connectivity index (χ3v) is 4.63. The average molecular weight is 399 g/mol. The third kappa shape index (κ3) is 4.15. The van der Waals surface area contributed by atoms with Gasteiger partial charge in [-0.2, -0.15) is 0 Å². The van der Waals surface area contributed by atoms with E-state index in [-0.39, 0.29) is 11.9 Å². The van der Waals surface area contributed by atoms with E-state index in [0.717, 1.165) is 11.0 Å². The molecule has 1 heterocycles. The lowest BCUT2D eigenvalue weighted by Gasteiger charge is -2.09. The molecule has 4 aromatic rings. The Balaban J connectivity index is 1.43. The molecule has 4 rings (SSSR count). The minimum absolute atomic E-state index is 0.264. The molecule has 3 amide bonds. The first-order chi connectivity index (χ1) is 14.6. The number of nitrogens with one attached hydrogen (secondary N) is 3. The van der Waals surface area contributed by atoms with Gasteiger partial charge in [-0.05, 0) is 55.5 Å². The van der Waals surface area contributed by atoms with Crippen LogP contribution in [0.15, 0.2) is 78.9 Å². The number of fused-ring (bicyclic) bond motifs is 1. The summed E-state index contributed by atoms with van der Waals surface area (Å²) in [6, 6.07) is 23.3. The standard InChI is InChI=1S/C23H21N5O2/c1-2-28-20-11-7-6-10-19(20)26-22(28)27-21(29)16-12-14-18(15-13-16)25-23(30)24-17-8-4-3-5-9-17/h3-15H,2H2,1H3,(H2,24,25,30)(H,26,27,29). The van der Waals surface area contributed by atoms with Crippen molar-refractivity contribution in [2.75, 3.05) is 16.0 Å². The fourth-order valence-electron chi connectivity index (χ4n) is 3.18. The molecule has 0 aliphatic rings. The van der Waals surface area contributed by atoms with Crippen LogP contribution < -0.4 is 16.0 Å². The molecule has 0 radical (unpaired) electrons. The Morgan fingerprint density at radius 1 is 0.800 bits per heavy atom. The number of aryl methyl sites for hydroxylation is 1. The molecule has 0 unspecified atom stereocenters. The molecule has 0 bridgehead atoms. The van der Waals surface area contributed by atoms with Crippen molar-refractivity contribution in [3.63, 3.8) is 0 Å². The molecule has 3 N–H and O–H groups in total. The minimum atomic E-state index is -0.352. The Morgan fingerprint density at radius 3 is 2.13 bits per heavy atom. The van der Waals surface area contributed by atoms with Crippen molar-refractivity contribution < 1.29 is 9.59 Å². The van der Waals surface area contributed by atoms with Crippen molar-refractivity contribution in [3.05, 3.63) is 84.4 Å². The Bertz CT molecular complexity index is 1180. The highest BCUT2D eigenvalue weighted by Gasteiger charge is 2.13. The quantitative estimate of drug-likeness (QED) is 0.443. The SMILES string of the molecule is CCn1c(NC(=O)c2ccc(NC(=O)Nc3ccccc3)cc2)nc2ccccc21. The second-order valence-electron chi connectivity index (χ2n) is 6.65. The van der Waals surface area contributed by atoms with Crippen LogP contribution in [-0.4, -0.2) is 21.5 Å². The summed E-state index contributed by atoms with van der Waals surface area (Å²) in [5.74, 6) is 0.244. The van der Waals surface area contributed by atoms with Gasteiger partial charge in [0.05, 0.1) is 11.0 Å². The summed E-state index contributed by atoms with van der Waals surface area (Å²) in [4.78, 5) is 29.3. The van der Waals surface area contributed by atoms with Crippen LogP contribution in [0.5, 0.6) is 0 Å². The average Bonchev–Trinajstić information content (AvgIpc) is 3.11. The number of urea groups is 1. The summed E-state index contributed by atoms with van der Waals surface area (Å²) >= 11 is 0. The number of rotatable bonds is 5. The summed E-state index contributed by atoms with van der Waals surface area (Å²) in [6.07, 6.45) is 0. The highest BCUT2D eigenvalue weighted by Crippen LogP contribution is 2.20. The highest BCUT2D eigenvalue weighted by molar-refractivity contribution is 6.05. The smallest absolute Gasteiger partial charge is 0.310 e. The zero-order valence-corrected chi connectivity index (χ0v) is 16.4. The fourth-order valence-corrected chi connectivity index (χ4v) is 3.18. The molecule has 0 fully saturated rings. The van der Waals surface area contributed by atoms with E-state index in [4.69, 9.17) is 0 Å². The number of benzene rings is 3. The van der Waals surface area contributed by atoms with E-state index < -0.39 is 0 Å². The van der Waals surface area contributed by atoms with Gasteiger partial charge in [-0.1, -0.05) is 30.3 Å². The summed E-state index contributed by atoms with van der Waals surface area (Å²) in [5, 5.41) is 8.36. The number of hydrogen-bond acceptors (Lipinski definition) is 3. The van der Waals surface area contributed by atoms with Crippen molar-refractivity contribution in [1.29, 1.82) is 0 Å². The van der Waals surface area contributed by atoms with Crippen LogP contribution in [0, 0.1) is 0 Å². The van der Waals surface area contributed by atoms with Crippen LogP contribution in [0.2, 0.25) is 0 Å². The number of nitrogens with zero attached hydrogens (tertiary/aromatic N) is 2. The molecule has 0 atom stereocenters. The van der Waals surface area contributed by atoms with Gasteiger partial charge in [0.2, 0.25) is 5.95 Å². The van der Waals surface area contributed by atoms with Gasteiger partial charge >= 0.3 is 6.03 Å². The van der Waals surface area contributed by atoms with Crippen molar-refractivity contribution in [3.8, 4) is 0 Å². The van der Waals surface area contributed by atoms with Crippen molar-refractivity contribution in [2.45, 2.75) is 13.5 Å². The molecule has 7 nitrogen and oxygen atoms in total. The van der Waals surface area contributed by atoms with E-state index >= 15 is 0 Å². The van der Waals surface area contributed by atoms with Crippen molar-refractivity contribution >= 4 is 40.3 Å². The predicted octanol–water partition coefficient (Wildman–Crippen LogP) is 4.95. The molecule has 150 valence electrons. The number of carbonyl (C=O) groups excluding carboxylic acids is 2. The highest BCUT2D eigenvalue weighted by atomic mass is 16.2. The van der Waals surface area contributed by atoms with Crippen LogP contribution in [0.3, 0.4) is 0 Å². The zero-order valence-electron chi connectivity index (χ0n) is 16.4. The Kier molecular flexibility index (Phi) is 5.43. The van der Waals surface area contributed by atoms with E-state index in [0.29, 0.717) is 29.4 Å². The van der Waals surface area contributed by atoms with Gasteiger partial charge in [-0.3, -0.25) is 10.1 Å². The lowest BCUT2D eigenvalue weighted by molar-refractivity contribution is 0.102. The van der Waals surface area contributed by atoms with E-state index in [1.54, 1.807) is 36.4 Å². The van der Waals surface area contributed by atoms with Gasteiger partial charge in [0, 0.05) is 23.5 Å². The number of aromatic nitrogens is 2. The number of para-hydroxylation sites is 3. The monoisotopic (exact) mass is 399 g/mol. The first kappa shape index (κ1) is 19.2. The molecular weight excluding hydrogens is 378 g/mol. The normalized spacial score (nSPS) is 10.6. The second-order valence-corrected chi connectivity index (χ2v) is 6.65. The summed E-state index contributed by atoms with van der Waals surface area (Å²) in [5.41, 5.74) is 3.56. The van der Waals surface area contributed by atoms with E-state index in [9.17, 15) is 9.59 Å². The van der Waals surface area contributed by atoms with Crippen molar-refractivity contribution in [2.24, 2.45) is 0 Å². The zero-order chi connectivity index (χ0) is 20.9. The molecular formula is C23H21N5O2. The molecule has 0 spiro atoms. The van der Waals surface area contributed by atoms with Crippen LogP contribution >= 0.6 is 0 Å². The molecule has 0 aliphatic carbocycles. The van der Waals surface area contributed by atoms with Gasteiger partial charge in [0.15, 0.2) is 0 Å². The van der Waals surface area contributed by atoms with Gasteiger partial charge in [0.1, 0.15) is 0 Å². The number of imidazole rings is 1. The van der Waals surface area contributed by atoms with Gasteiger partial charge in [-0.25, -0.2) is 9.78 Å². The largest absolute Gasteiger partial charge is 0.323 e. The number of hydrogen-bond donors (Lipinski definition) is 3. The molecule has 0 saturated heterocycles. The topological polar surface area (TPSA) is 88.0 Å². The summed E-state index contributed by atoms with van der Waals surface area (Å²) < 4.78 is 1.96. The first-order valence-corrected chi connectivity index (χ1v) is 9.64. The lowest BCUT2D eigenvalue weighted by atomic mass is 10.2. The maximum Gasteiger partial charge on any atom is 0.323 e. The lowest BCUT2D eigenvalue weighted by Crippen LogP contribution is -2.19. The van der Waals surface area contributed by atoms with Crippen molar-refractivity contribution in [1.82, 2.24) is 9.55 Å². The predicted molar refractivity (Wildman–Crippen MR) is 119 cm³/mol. The van der Waals surface area contributed by atoms with Gasteiger partial charge in [0.25, 0.3) is 5.91 Å². The molecule has 0 saturated carbocycles. The molecule has 1 aromatic heterocycles. The van der Waals surface area contributed by atoms with E-state index in [1.165, 1.54) is 0 Å². The maximum atomic E-state index is 12.7. The maximum absolute atomic E-state index is 12.7. The van der Waals surface area contributed by atoms with Crippen LogP contribution in [0.25, 0.3) is 11.0 Å². The Hall–Kier alpha value is -4.13. The van der Waals surface area contributed by atoms with E-state index in [2.05, 4.69) is 20.9 Å². The third-order valence-electron chi connectivity index (χ3n) is 4.63. The molecule has 7 heteroatoms. The van der Waals surface area contributed by atoms with Crippen LogP contribution in [-0.2, 0) is 6.54 Å². The summed E-state index contributed by atoms with van der Waals surface area (Å²) in [6.45, 7) is 2.69. The molecule has 30 heavy (non-hydrogen) atoms. The van der Waals surface area contributed by atoms with Crippen LogP contribution in [0.4, 0.5) is 22.1 Å². The fraction of sp³-hybridized carbons (Fsp3) is 0.0870. The Labute approximate surface area is 173 Å². The molecule has 3 aromatic carbocycles.